The summed E-state index contributed by atoms with van der Waals surface area (Å²) in [6.45, 7) is 23.7. The monoisotopic (exact) mass is 732 g/mol. The van der Waals surface area contributed by atoms with E-state index in [-0.39, 0.29) is 58.5 Å². The minimum absolute atomic E-state index is 0.00186. The first-order valence-electron chi connectivity index (χ1n) is 19.8. The quantitative estimate of drug-likeness (QED) is 0.200. The van der Waals surface area contributed by atoms with Crippen molar-refractivity contribution in [1.82, 2.24) is 0 Å². The Hall–Kier alpha value is -2.20. The van der Waals surface area contributed by atoms with Crippen LogP contribution in [0.3, 0.4) is 0 Å². The number of aliphatic hydroxyl groups excluding tert-OH is 1. The van der Waals surface area contributed by atoms with Crippen LogP contribution in [0.5, 0.6) is 0 Å². The van der Waals surface area contributed by atoms with E-state index in [1.165, 1.54) is 27.7 Å². The van der Waals surface area contributed by atoms with Crippen molar-refractivity contribution in [2.45, 2.75) is 183 Å². The van der Waals surface area contributed by atoms with E-state index in [4.69, 9.17) is 14.2 Å². The lowest BCUT2D eigenvalue weighted by molar-refractivity contribution is -0.283. The largest absolute Gasteiger partial charge is 0.481 e. The number of hydrogen-bond acceptors (Lipinski definition) is 8. The second-order valence-corrected chi connectivity index (χ2v) is 21.2. The molecule has 0 radical (unpaired) electrons. The third-order valence-corrected chi connectivity index (χ3v) is 15.8. The van der Waals surface area contributed by atoms with Crippen LogP contribution in [0.4, 0.5) is 0 Å². The summed E-state index contributed by atoms with van der Waals surface area (Å²) in [6, 6.07) is 0. The Morgan fingerprint density at radius 3 is 1.85 bits per heavy atom. The number of ether oxygens (including phenoxy) is 3. The first-order chi connectivity index (χ1) is 23.6. The van der Waals surface area contributed by atoms with E-state index in [1.54, 1.807) is 0 Å². The molecule has 5 fully saturated rings. The Morgan fingerprint density at radius 2 is 1.31 bits per heavy atom. The number of carboxylic acids is 2. The molecule has 10 nitrogen and oxygen atoms in total. The maximum absolute atomic E-state index is 13.8. The van der Waals surface area contributed by atoms with Gasteiger partial charge < -0.3 is 29.5 Å². The number of hydrogen-bond donors (Lipinski definition) is 3. The summed E-state index contributed by atoms with van der Waals surface area (Å²) in [7, 11) is 0. The van der Waals surface area contributed by atoms with E-state index in [9.17, 15) is 34.5 Å². The van der Waals surface area contributed by atoms with E-state index >= 15 is 0 Å². The van der Waals surface area contributed by atoms with Gasteiger partial charge in [-0.1, -0.05) is 34.6 Å². The molecule has 0 aromatic heterocycles. The van der Waals surface area contributed by atoms with Crippen LogP contribution in [0.2, 0.25) is 0 Å². The molecule has 10 heteroatoms. The van der Waals surface area contributed by atoms with E-state index < -0.39 is 63.8 Å². The molecule has 1 heterocycles. The standard InChI is InChI=1S/C42H68O10/c1-35(2,33(46)47)22-29(44)50-26-21-41(11)27(20-25(43)31-24(14-19-40(31,41)10)42(12)17-13-16-37(5,6)52-42)39(9)18-15-28(38(7,8)32(26)39)51-30(45)23-36(3,4)34(48)49/h24-28,31-32,43H,13-23H2,1-12H3,(H,46,47)(H,48,49)/t24-,25+,26-,27+,28-,31-,32-,39+,40+,41+,42+/m0/s1. The first-order valence-corrected chi connectivity index (χ1v) is 19.8. The molecule has 4 aliphatic carbocycles. The molecule has 5 rings (SSSR count). The molecular formula is C42H68O10. The van der Waals surface area contributed by atoms with Crippen LogP contribution in [0.25, 0.3) is 0 Å². The number of aliphatic carboxylic acids is 2. The highest BCUT2D eigenvalue weighted by Crippen LogP contribution is 2.76. The molecule has 0 aromatic rings. The van der Waals surface area contributed by atoms with Gasteiger partial charge in [-0.3, -0.25) is 19.2 Å². The van der Waals surface area contributed by atoms with Crippen molar-refractivity contribution in [3.8, 4) is 0 Å². The van der Waals surface area contributed by atoms with Crippen LogP contribution in [-0.4, -0.2) is 68.7 Å². The zero-order valence-corrected chi connectivity index (χ0v) is 34.0. The number of aliphatic hydroxyl groups is 1. The highest BCUT2D eigenvalue weighted by molar-refractivity contribution is 5.82. The molecule has 0 unspecified atom stereocenters. The summed E-state index contributed by atoms with van der Waals surface area (Å²) in [5.41, 5.74) is -4.93. The molecule has 1 saturated heterocycles. The summed E-state index contributed by atoms with van der Waals surface area (Å²) in [5.74, 6) is -3.32. The average Bonchev–Trinajstić information content (AvgIpc) is 3.35. The Kier molecular flexibility index (Phi) is 10.2. The Morgan fingerprint density at radius 1 is 0.750 bits per heavy atom. The number of esters is 2. The van der Waals surface area contributed by atoms with Crippen molar-refractivity contribution in [2.24, 2.45) is 56.2 Å². The summed E-state index contributed by atoms with van der Waals surface area (Å²) < 4.78 is 19.6. The number of carbonyl (C=O) groups excluding carboxylic acids is 2. The van der Waals surface area contributed by atoms with Crippen LogP contribution >= 0.6 is 0 Å². The molecule has 5 aliphatic rings. The summed E-state index contributed by atoms with van der Waals surface area (Å²) in [5, 5.41) is 31.9. The van der Waals surface area contributed by atoms with Gasteiger partial charge >= 0.3 is 23.9 Å². The van der Waals surface area contributed by atoms with Crippen LogP contribution in [0, 0.1) is 56.2 Å². The highest BCUT2D eigenvalue weighted by atomic mass is 16.6. The third kappa shape index (κ3) is 6.62. The van der Waals surface area contributed by atoms with Gasteiger partial charge in [-0.05, 0) is 140 Å². The first kappa shape index (κ1) is 41.0. The van der Waals surface area contributed by atoms with E-state index in [2.05, 4.69) is 55.4 Å². The van der Waals surface area contributed by atoms with Crippen molar-refractivity contribution in [2.75, 3.05) is 0 Å². The Balaban J connectivity index is 1.54. The van der Waals surface area contributed by atoms with Crippen LogP contribution in [-0.2, 0) is 33.4 Å². The van der Waals surface area contributed by atoms with Crippen molar-refractivity contribution in [3.05, 3.63) is 0 Å². The lowest BCUT2D eigenvalue weighted by Gasteiger charge is -2.71. The predicted molar refractivity (Wildman–Crippen MR) is 195 cm³/mol. The van der Waals surface area contributed by atoms with Crippen molar-refractivity contribution in [1.29, 1.82) is 0 Å². The SMILES string of the molecule is CC1(C)CCC[C@](C)([C@H]2CC[C@]3(C)[C@@H]2[C@H](O)C[C@@H]2[C@@]4(C)CC[C@H](OC(=O)CC(C)(C)C(=O)O)C(C)(C)[C@@H]4[C@@H](OC(=O)CC(C)(C)C(=O)O)C[C@]23C)O1. The van der Waals surface area contributed by atoms with E-state index in [1.807, 2.05) is 0 Å². The molecule has 0 spiro atoms. The minimum Gasteiger partial charge on any atom is -0.481 e. The molecule has 296 valence electrons. The second-order valence-electron chi connectivity index (χ2n) is 21.2. The van der Waals surface area contributed by atoms with Gasteiger partial charge in [-0.2, -0.15) is 0 Å². The smallest absolute Gasteiger partial charge is 0.309 e. The number of rotatable bonds is 9. The predicted octanol–water partition coefficient (Wildman–Crippen LogP) is 7.82. The molecule has 0 bridgehead atoms. The van der Waals surface area contributed by atoms with Crippen molar-refractivity contribution >= 4 is 23.9 Å². The Bertz CT molecular complexity index is 1450. The molecule has 52 heavy (non-hydrogen) atoms. The molecule has 0 aromatic carbocycles. The average molecular weight is 733 g/mol. The minimum atomic E-state index is -1.31. The maximum atomic E-state index is 13.8. The topological polar surface area (TPSA) is 157 Å². The fourth-order valence-corrected chi connectivity index (χ4v) is 13.0. The van der Waals surface area contributed by atoms with E-state index in [0.29, 0.717) is 25.7 Å². The lowest BCUT2D eigenvalue weighted by Crippen LogP contribution is -2.70. The normalized spacial score (nSPS) is 42.6. The van der Waals surface area contributed by atoms with Gasteiger partial charge in [0.05, 0.1) is 41.0 Å². The molecule has 0 amide bonds. The number of fused-ring (bicyclic) bond motifs is 5. The third-order valence-electron chi connectivity index (χ3n) is 15.8. The maximum Gasteiger partial charge on any atom is 0.309 e. The Labute approximate surface area is 311 Å². The van der Waals surface area contributed by atoms with E-state index in [0.717, 1.165) is 32.1 Å². The fraction of sp³-hybridized carbons (Fsp3) is 0.905. The van der Waals surface area contributed by atoms with Gasteiger partial charge in [0.15, 0.2) is 0 Å². The van der Waals surface area contributed by atoms with Gasteiger partial charge in [0.1, 0.15) is 12.2 Å². The summed E-state index contributed by atoms with van der Waals surface area (Å²) >= 11 is 0. The highest BCUT2D eigenvalue weighted by Gasteiger charge is 2.74. The molecule has 1 aliphatic heterocycles. The van der Waals surface area contributed by atoms with Crippen LogP contribution in [0.15, 0.2) is 0 Å². The van der Waals surface area contributed by atoms with Crippen LogP contribution in [0.1, 0.15) is 154 Å². The lowest BCUT2D eigenvalue weighted by atomic mass is 9.34. The van der Waals surface area contributed by atoms with Gasteiger partial charge in [-0.25, -0.2) is 0 Å². The molecular weight excluding hydrogens is 664 g/mol. The van der Waals surface area contributed by atoms with Gasteiger partial charge in [0.25, 0.3) is 0 Å². The molecule has 4 saturated carbocycles. The van der Waals surface area contributed by atoms with Gasteiger partial charge in [0.2, 0.25) is 0 Å². The van der Waals surface area contributed by atoms with Gasteiger partial charge in [0, 0.05) is 11.3 Å². The fourth-order valence-electron chi connectivity index (χ4n) is 13.0. The van der Waals surface area contributed by atoms with Crippen molar-refractivity contribution < 1.29 is 48.7 Å². The summed E-state index contributed by atoms with van der Waals surface area (Å²) in [4.78, 5) is 51.0. The van der Waals surface area contributed by atoms with Crippen molar-refractivity contribution in [3.63, 3.8) is 0 Å². The van der Waals surface area contributed by atoms with Crippen LogP contribution < -0.4 is 0 Å². The molecule has 3 N–H and O–H groups in total. The number of carboxylic acid groups (broad SMARTS) is 2. The van der Waals surface area contributed by atoms with Gasteiger partial charge in [-0.15, -0.1) is 0 Å². The number of carbonyl (C=O) groups is 4. The summed E-state index contributed by atoms with van der Waals surface area (Å²) in [6.07, 6.45) is 5.05. The second kappa shape index (κ2) is 12.9. The zero-order chi connectivity index (χ0) is 39.3. The molecule has 11 atom stereocenters. The zero-order valence-electron chi connectivity index (χ0n) is 34.0.